The number of hydrogen-bond donors (Lipinski definition) is 1. The molecule has 1 aromatic heterocycles. The minimum absolute atomic E-state index is 0.0485. The molecule has 1 N–H and O–H groups in total. The van der Waals surface area contributed by atoms with Gasteiger partial charge in [-0.2, -0.15) is 0 Å². The summed E-state index contributed by atoms with van der Waals surface area (Å²) in [5.74, 6) is -0.0362. The van der Waals surface area contributed by atoms with Crippen molar-refractivity contribution in [3.05, 3.63) is 56.8 Å². The smallest absolute Gasteiger partial charge is 0.220 e. The van der Waals surface area contributed by atoms with Crippen molar-refractivity contribution >= 4 is 23.0 Å². The Balaban J connectivity index is 1.79. The van der Waals surface area contributed by atoms with E-state index < -0.39 is 0 Å². The van der Waals surface area contributed by atoms with Gasteiger partial charge in [0.1, 0.15) is 0 Å². The monoisotopic (exact) mass is 315 g/mol. The van der Waals surface area contributed by atoms with Crippen molar-refractivity contribution in [2.24, 2.45) is 0 Å². The van der Waals surface area contributed by atoms with Gasteiger partial charge in [-0.15, -0.1) is 11.3 Å². The summed E-state index contributed by atoms with van der Waals surface area (Å²) in [6.45, 7) is 6.47. The topological polar surface area (TPSA) is 46.2 Å². The number of rotatable bonds is 6. The van der Waals surface area contributed by atoms with Crippen LogP contribution in [0, 0.1) is 20.8 Å². The lowest BCUT2D eigenvalue weighted by Crippen LogP contribution is -2.23. The van der Waals surface area contributed by atoms with E-state index in [1.54, 1.807) is 11.3 Å². The number of aryl methyl sites for hydroxylation is 3. The predicted octanol–water partition coefficient (Wildman–Crippen LogP) is 3.95. The highest BCUT2D eigenvalue weighted by molar-refractivity contribution is 7.12. The summed E-state index contributed by atoms with van der Waals surface area (Å²) >= 11 is 1.62. The van der Waals surface area contributed by atoms with Crippen LogP contribution < -0.4 is 5.32 Å². The molecule has 0 aliphatic heterocycles. The number of carbonyl (C=O) groups is 2. The van der Waals surface area contributed by atoms with Crippen LogP contribution in [0.2, 0.25) is 0 Å². The minimum atomic E-state index is -0.0847. The third kappa shape index (κ3) is 4.53. The maximum atomic E-state index is 12.1. The van der Waals surface area contributed by atoms with Crippen molar-refractivity contribution in [2.45, 2.75) is 40.2 Å². The van der Waals surface area contributed by atoms with Gasteiger partial charge in [0.15, 0.2) is 5.78 Å². The number of amides is 1. The van der Waals surface area contributed by atoms with E-state index in [1.165, 1.54) is 5.56 Å². The Labute approximate surface area is 135 Å². The second-order valence-electron chi connectivity index (χ2n) is 5.51. The number of benzene rings is 1. The van der Waals surface area contributed by atoms with Crippen molar-refractivity contribution in [2.75, 3.05) is 0 Å². The molecule has 0 radical (unpaired) electrons. The van der Waals surface area contributed by atoms with Crippen LogP contribution in [0.25, 0.3) is 0 Å². The van der Waals surface area contributed by atoms with E-state index in [0.29, 0.717) is 6.54 Å². The van der Waals surface area contributed by atoms with Crippen LogP contribution in [0.5, 0.6) is 0 Å². The van der Waals surface area contributed by atoms with Gasteiger partial charge in [-0.25, -0.2) is 0 Å². The SMILES string of the molecule is Cc1ccc(CNC(=O)CCC(=O)c2cc(C)sc2C)cc1. The molecule has 1 heterocycles. The first kappa shape index (κ1) is 16.4. The third-order valence-electron chi connectivity index (χ3n) is 3.53. The van der Waals surface area contributed by atoms with E-state index in [0.717, 1.165) is 20.9 Å². The van der Waals surface area contributed by atoms with E-state index in [4.69, 9.17) is 0 Å². The van der Waals surface area contributed by atoms with Crippen molar-refractivity contribution in [1.82, 2.24) is 5.32 Å². The normalized spacial score (nSPS) is 10.5. The second kappa shape index (κ2) is 7.36. The fourth-order valence-electron chi connectivity index (χ4n) is 2.26. The Morgan fingerprint density at radius 2 is 1.73 bits per heavy atom. The van der Waals surface area contributed by atoms with E-state index in [2.05, 4.69) is 5.32 Å². The first-order valence-electron chi connectivity index (χ1n) is 7.38. The van der Waals surface area contributed by atoms with Gasteiger partial charge < -0.3 is 5.32 Å². The lowest BCUT2D eigenvalue weighted by Gasteiger charge is -2.05. The van der Waals surface area contributed by atoms with Gasteiger partial charge in [0.2, 0.25) is 5.91 Å². The van der Waals surface area contributed by atoms with Crippen LogP contribution in [0.4, 0.5) is 0 Å². The molecule has 4 heteroatoms. The molecule has 1 amide bonds. The summed E-state index contributed by atoms with van der Waals surface area (Å²) in [4.78, 5) is 26.1. The molecule has 0 saturated heterocycles. The molecule has 2 aromatic rings. The molecular formula is C18H21NO2S. The number of hydrogen-bond acceptors (Lipinski definition) is 3. The van der Waals surface area contributed by atoms with Gasteiger partial charge in [-0.3, -0.25) is 9.59 Å². The van der Waals surface area contributed by atoms with Crippen molar-refractivity contribution < 1.29 is 9.59 Å². The molecule has 2 rings (SSSR count). The molecule has 0 bridgehead atoms. The number of thiophene rings is 1. The second-order valence-corrected chi connectivity index (χ2v) is 6.97. The van der Waals surface area contributed by atoms with Gasteiger partial charge in [-0.1, -0.05) is 29.8 Å². The molecular weight excluding hydrogens is 294 g/mol. The van der Waals surface area contributed by atoms with Gasteiger partial charge in [0, 0.05) is 34.7 Å². The summed E-state index contributed by atoms with van der Waals surface area (Å²) in [6, 6.07) is 9.95. The maximum absolute atomic E-state index is 12.1. The summed E-state index contributed by atoms with van der Waals surface area (Å²) in [5, 5.41) is 2.86. The van der Waals surface area contributed by atoms with E-state index in [-0.39, 0.29) is 24.5 Å². The van der Waals surface area contributed by atoms with Crippen molar-refractivity contribution in [1.29, 1.82) is 0 Å². The van der Waals surface area contributed by atoms with Gasteiger partial charge >= 0.3 is 0 Å². The Hall–Kier alpha value is -1.94. The largest absolute Gasteiger partial charge is 0.352 e. The molecule has 22 heavy (non-hydrogen) atoms. The highest BCUT2D eigenvalue weighted by atomic mass is 32.1. The van der Waals surface area contributed by atoms with Crippen molar-refractivity contribution in [3.63, 3.8) is 0 Å². The van der Waals surface area contributed by atoms with Crippen LogP contribution >= 0.6 is 11.3 Å². The molecule has 0 aliphatic rings. The lowest BCUT2D eigenvalue weighted by atomic mass is 10.1. The third-order valence-corrected chi connectivity index (χ3v) is 4.50. The summed E-state index contributed by atoms with van der Waals surface area (Å²) in [7, 11) is 0. The number of carbonyl (C=O) groups excluding carboxylic acids is 2. The average molecular weight is 315 g/mol. The molecule has 0 fully saturated rings. The maximum Gasteiger partial charge on any atom is 0.220 e. The van der Waals surface area contributed by atoms with Gasteiger partial charge in [0.25, 0.3) is 0 Å². The molecule has 116 valence electrons. The molecule has 1 aromatic carbocycles. The highest BCUT2D eigenvalue weighted by Gasteiger charge is 2.13. The lowest BCUT2D eigenvalue weighted by molar-refractivity contribution is -0.121. The minimum Gasteiger partial charge on any atom is -0.352 e. The fourth-order valence-corrected chi connectivity index (χ4v) is 3.21. The Morgan fingerprint density at radius 1 is 1.05 bits per heavy atom. The van der Waals surface area contributed by atoms with Crippen LogP contribution in [0.3, 0.4) is 0 Å². The Morgan fingerprint density at radius 3 is 2.32 bits per heavy atom. The van der Waals surface area contributed by atoms with E-state index in [1.807, 2.05) is 51.1 Å². The van der Waals surface area contributed by atoms with Crippen LogP contribution in [0.15, 0.2) is 30.3 Å². The van der Waals surface area contributed by atoms with Crippen LogP contribution in [-0.2, 0) is 11.3 Å². The predicted molar refractivity (Wildman–Crippen MR) is 90.4 cm³/mol. The average Bonchev–Trinajstić information content (AvgIpc) is 2.83. The molecule has 0 atom stereocenters. The van der Waals surface area contributed by atoms with Gasteiger partial charge in [0.05, 0.1) is 0 Å². The standard InChI is InChI=1S/C18H21NO2S/c1-12-4-6-15(7-5-12)11-19-18(21)9-8-17(20)16-10-13(2)22-14(16)3/h4-7,10H,8-9,11H2,1-3H3,(H,19,21). The zero-order valence-corrected chi connectivity index (χ0v) is 14.0. The molecule has 3 nitrogen and oxygen atoms in total. The van der Waals surface area contributed by atoms with E-state index >= 15 is 0 Å². The highest BCUT2D eigenvalue weighted by Crippen LogP contribution is 2.22. The number of Topliss-reactive ketones (excluding diaryl/α,β-unsaturated/α-hetero) is 1. The molecule has 0 unspecified atom stereocenters. The zero-order chi connectivity index (χ0) is 16.1. The Kier molecular flexibility index (Phi) is 5.50. The molecule has 0 aliphatic carbocycles. The molecule has 0 saturated carbocycles. The first-order chi connectivity index (χ1) is 10.5. The Bertz CT molecular complexity index is 671. The van der Waals surface area contributed by atoms with Crippen LogP contribution in [0.1, 0.15) is 44.1 Å². The summed E-state index contributed by atoms with van der Waals surface area (Å²) in [6.07, 6.45) is 0.496. The van der Waals surface area contributed by atoms with E-state index in [9.17, 15) is 9.59 Å². The summed E-state index contributed by atoms with van der Waals surface area (Å²) < 4.78 is 0. The van der Waals surface area contributed by atoms with Gasteiger partial charge in [-0.05, 0) is 32.4 Å². The van der Waals surface area contributed by atoms with Crippen molar-refractivity contribution in [3.8, 4) is 0 Å². The summed E-state index contributed by atoms with van der Waals surface area (Å²) in [5.41, 5.74) is 3.02. The number of ketones is 1. The molecule has 0 spiro atoms. The van der Waals surface area contributed by atoms with Crippen LogP contribution in [-0.4, -0.2) is 11.7 Å². The quantitative estimate of drug-likeness (QED) is 0.820. The fraction of sp³-hybridized carbons (Fsp3) is 0.333. The number of nitrogens with one attached hydrogen (secondary N) is 1. The zero-order valence-electron chi connectivity index (χ0n) is 13.2. The first-order valence-corrected chi connectivity index (χ1v) is 8.20.